The maximum absolute atomic E-state index is 12.2. The Balaban J connectivity index is 1.62. The van der Waals surface area contributed by atoms with Crippen molar-refractivity contribution in [2.75, 3.05) is 5.32 Å². The predicted octanol–water partition coefficient (Wildman–Crippen LogP) is 5.30. The quantitative estimate of drug-likeness (QED) is 0.401. The Hall–Kier alpha value is -3.74. The number of hydroxylamine groups is 2. The number of hydrogen-bond donors (Lipinski definition) is 2. The molecule has 0 aromatic heterocycles. The van der Waals surface area contributed by atoms with Gasteiger partial charge < -0.3 is 5.32 Å². The second-order valence-electron chi connectivity index (χ2n) is 8.33. The van der Waals surface area contributed by atoms with Gasteiger partial charge in [-0.3, -0.25) is 19.8 Å². The summed E-state index contributed by atoms with van der Waals surface area (Å²) in [4.78, 5) is 29.5. The number of fused-ring (bicyclic) bond motifs is 2. The number of allylic oxidation sites excluding steroid dienone is 1. The minimum Gasteiger partial charge on any atom is -0.357 e. The fraction of sp³-hybridized carbons (Fsp3) is 0.148. The molecule has 0 fully saturated rings. The number of carbonyl (C=O) groups is 2. The van der Waals surface area contributed by atoms with E-state index in [0.717, 1.165) is 22.3 Å². The minimum absolute atomic E-state index is 0.138. The van der Waals surface area contributed by atoms with Crippen molar-refractivity contribution in [2.24, 2.45) is 4.99 Å². The second kappa shape index (κ2) is 8.89. The number of nitrogens with zero attached hydrogens (tertiary/aromatic N) is 2. The summed E-state index contributed by atoms with van der Waals surface area (Å²) in [6.07, 6.45) is 3.72. The van der Waals surface area contributed by atoms with Gasteiger partial charge in [-0.1, -0.05) is 60.1 Å². The van der Waals surface area contributed by atoms with E-state index in [1.807, 2.05) is 31.2 Å². The molecular formula is C27H22ClN3O3. The lowest BCUT2D eigenvalue weighted by Gasteiger charge is -2.21. The summed E-state index contributed by atoms with van der Waals surface area (Å²) < 4.78 is 0. The molecule has 2 N–H and O–H groups in total. The molecule has 34 heavy (non-hydrogen) atoms. The normalized spacial score (nSPS) is 19.4. The molecule has 7 heteroatoms. The van der Waals surface area contributed by atoms with E-state index in [9.17, 15) is 14.8 Å². The van der Waals surface area contributed by atoms with Gasteiger partial charge in [0, 0.05) is 34.5 Å². The van der Waals surface area contributed by atoms with E-state index < -0.39 is 11.8 Å². The molecule has 2 heterocycles. The number of rotatable bonds is 3. The maximum Gasteiger partial charge on any atom is 0.277 e. The molecule has 0 spiro atoms. The molecule has 0 aliphatic carbocycles. The minimum atomic E-state index is -0.785. The molecular weight excluding hydrogens is 450 g/mol. The summed E-state index contributed by atoms with van der Waals surface area (Å²) in [7, 11) is 0. The van der Waals surface area contributed by atoms with Crippen molar-refractivity contribution in [3.8, 4) is 0 Å². The lowest BCUT2D eigenvalue weighted by Crippen LogP contribution is -2.37. The molecule has 0 saturated heterocycles. The van der Waals surface area contributed by atoms with Gasteiger partial charge in [-0.05, 0) is 47.0 Å². The molecule has 1 atom stereocenters. The van der Waals surface area contributed by atoms with Crippen molar-refractivity contribution in [2.45, 2.75) is 25.8 Å². The molecule has 0 bridgehead atoms. The Morgan fingerprint density at radius 3 is 2.68 bits per heavy atom. The number of benzene rings is 3. The number of halogens is 1. The Morgan fingerprint density at radius 2 is 1.91 bits per heavy atom. The van der Waals surface area contributed by atoms with Crippen LogP contribution in [0.3, 0.4) is 0 Å². The highest BCUT2D eigenvalue weighted by molar-refractivity contribution is 6.32. The number of benzodiazepines with no additional fused rings is 1. The zero-order valence-electron chi connectivity index (χ0n) is 18.5. The maximum atomic E-state index is 12.2. The summed E-state index contributed by atoms with van der Waals surface area (Å²) >= 11 is 6.31. The number of imide groups is 1. The number of carbonyl (C=O) groups excluding carboxylic acids is 2. The van der Waals surface area contributed by atoms with Gasteiger partial charge in [0.1, 0.15) is 0 Å². The molecule has 2 aliphatic heterocycles. The van der Waals surface area contributed by atoms with Crippen LogP contribution in [0.1, 0.15) is 24.5 Å². The molecule has 1 unspecified atom stereocenters. The van der Waals surface area contributed by atoms with Crippen molar-refractivity contribution < 1.29 is 14.8 Å². The Kier molecular flexibility index (Phi) is 5.77. The molecule has 0 radical (unpaired) electrons. The first-order valence-electron chi connectivity index (χ1n) is 11.0. The molecule has 2 amide bonds. The number of amides is 2. The van der Waals surface area contributed by atoms with Crippen LogP contribution in [0.4, 0.5) is 5.69 Å². The lowest BCUT2D eigenvalue weighted by molar-refractivity contribution is -0.176. The van der Waals surface area contributed by atoms with Gasteiger partial charge in [0.2, 0.25) is 0 Å². The number of nitrogens with one attached hydrogen (secondary N) is 1. The van der Waals surface area contributed by atoms with Gasteiger partial charge in [-0.25, -0.2) is 0 Å². The topological polar surface area (TPSA) is 82.0 Å². The molecule has 3 aromatic carbocycles. The smallest absolute Gasteiger partial charge is 0.277 e. The highest BCUT2D eigenvalue weighted by Crippen LogP contribution is 2.32. The summed E-state index contributed by atoms with van der Waals surface area (Å²) in [5.41, 5.74) is 4.47. The van der Waals surface area contributed by atoms with Crippen molar-refractivity contribution >= 4 is 45.6 Å². The largest absolute Gasteiger partial charge is 0.357 e. The van der Waals surface area contributed by atoms with Crippen molar-refractivity contribution in [3.05, 3.63) is 100 Å². The number of anilines is 1. The first-order valence-corrected chi connectivity index (χ1v) is 11.4. The van der Waals surface area contributed by atoms with Crippen molar-refractivity contribution in [1.82, 2.24) is 5.06 Å². The third-order valence-electron chi connectivity index (χ3n) is 6.10. The monoisotopic (exact) mass is 471 g/mol. The van der Waals surface area contributed by atoms with E-state index >= 15 is 0 Å². The third-order valence-corrected chi connectivity index (χ3v) is 6.34. The van der Waals surface area contributed by atoms with Gasteiger partial charge in [-0.2, -0.15) is 5.06 Å². The summed E-state index contributed by atoms with van der Waals surface area (Å²) in [5.74, 6) is -1.48. The van der Waals surface area contributed by atoms with Crippen LogP contribution >= 0.6 is 11.6 Å². The molecule has 2 aliphatic rings. The van der Waals surface area contributed by atoms with Crippen LogP contribution in [0.5, 0.6) is 0 Å². The van der Waals surface area contributed by atoms with Crippen LogP contribution < -0.4 is 5.32 Å². The van der Waals surface area contributed by atoms with Crippen LogP contribution in [-0.4, -0.2) is 33.8 Å². The van der Waals surface area contributed by atoms with Crippen LogP contribution in [0.2, 0.25) is 5.02 Å². The van der Waals surface area contributed by atoms with Gasteiger partial charge in [0.05, 0.1) is 18.2 Å². The highest BCUT2D eigenvalue weighted by atomic mass is 35.5. The van der Waals surface area contributed by atoms with E-state index in [1.54, 1.807) is 12.1 Å². The number of hydrogen-bond acceptors (Lipinski definition) is 5. The number of aliphatic imine (C=N–C) groups is 1. The van der Waals surface area contributed by atoms with E-state index in [-0.39, 0.29) is 17.5 Å². The van der Waals surface area contributed by atoms with E-state index in [0.29, 0.717) is 28.3 Å². The fourth-order valence-electron chi connectivity index (χ4n) is 4.39. The third kappa shape index (κ3) is 4.14. The summed E-state index contributed by atoms with van der Waals surface area (Å²) in [5, 5.41) is 16.1. The first kappa shape index (κ1) is 22.1. The van der Waals surface area contributed by atoms with E-state index in [4.69, 9.17) is 16.6 Å². The second-order valence-corrected chi connectivity index (χ2v) is 8.76. The fourth-order valence-corrected chi connectivity index (χ4v) is 4.57. The SMILES string of the molecule is C/C=C1/Nc2ccc(Cl)cc2C(C2=CC(=O)N(O)C(=O)C2)=NC1Cc1ccc2ccccc2c1. The molecule has 6 nitrogen and oxygen atoms in total. The van der Waals surface area contributed by atoms with Gasteiger partial charge >= 0.3 is 0 Å². The standard InChI is InChI=1S/C27H22ClN3O3/c1-2-22-24(12-16-7-8-17-5-3-4-6-18(17)11-16)30-27(19-13-25(32)31(34)26(33)14-19)21-15-20(28)9-10-23(21)29-22/h2-11,13,15,24,29,34H,12,14H2,1H3/b22-2+. The summed E-state index contributed by atoms with van der Waals surface area (Å²) in [6, 6.07) is 19.7. The Bertz CT molecular complexity index is 1420. The molecule has 170 valence electrons. The van der Waals surface area contributed by atoms with E-state index in [1.165, 1.54) is 11.5 Å². The van der Waals surface area contributed by atoms with Gasteiger partial charge in [0.15, 0.2) is 0 Å². The zero-order valence-corrected chi connectivity index (χ0v) is 19.2. The lowest BCUT2D eigenvalue weighted by atomic mass is 9.95. The summed E-state index contributed by atoms with van der Waals surface area (Å²) in [6.45, 7) is 1.95. The van der Waals surface area contributed by atoms with Crippen LogP contribution in [0.25, 0.3) is 10.8 Å². The van der Waals surface area contributed by atoms with Crippen LogP contribution in [0, 0.1) is 0 Å². The van der Waals surface area contributed by atoms with Crippen LogP contribution in [0.15, 0.2) is 89.1 Å². The molecule has 5 rings (SSSR count). The predicted molar refractivity (Wildman–Crippen MR) is 133 cm³/mol. The van der Waals surface area contributed by atoms with Crippen LogP contribution in [-0.2, 0) is 16.0 Å². The molecule has 3 aromatic rings. The Morgan fingerprint density at radius 1 is 1.12 bits per heavy atom. The highest BCUT2D eigenvalue weighted by Gasteiger charge is 2.31. The van der Waals surface area contributed by atoms with Crippen molar-refractivity contribution in [3.63, 3.8) is 0 Å². The average molecular weight is 472 g/mol. The Labute approximate surface area is 201 Å². The first-order chi connectivity index (χ1) is 16.4. The van der Waals surface area contributed by atoms with Crippen molar-refractivity contribution in [1.29, 1.82) is 0 Å². The average Bonchev–Trinajstić information content (AvgIpc) is 2.98. The van der Waals surface area contributed by atoms with E-state index in [2.05, 4.69) is 35.6 Å². The van der Waals surface area contributed by atoms with Gasteiger partial charge in [-0.15, -0.1) is 0 Å². The van der Waals surface area contributed by atoms with Gasteiger partial charge in [0.25, 0.3) is 11.8 Å². The molecule has 0 saturated carbocycles. The zero-order chi connectivity index (χ0) is 23.8.